The summed E-state index contributed by atoms with van der Waals surface area (Å²) in [6.45, 7) is 1.75. The lowest BCUT2D eigenvalue weighted by Crippen LogP contribution is -2.43. The zero-order chi connectivity index (χ0) is 22.8. The number of hydrogen-bond acceptors (Lipinski definition) is 3. The first-order valence-corrected chi connectivity index (χ1v) is 13.5. The van der Waals surface area contributed by atoms with Crippen molar-refractivity contribution in [2.24, 2.45) is 5.92 Å². The van der Waals surface area contributed by atoms with E-state index >= 15 is 0 Å². The first-order chi connectivity index (χ1) is 16.0. The lowest BCUT2D eigenvalue weighted by Gasteiger charge is -2.34. The molecule has 1 aliphatic heterocycles. The SMILES string of the molecule is O=C([C@H]1CC[C@H](NS(=O)(=O)c2ccc3cc(-c4ccccc4)[nH]c3c2)CC1)N1CCCCC1. The van der Waals surface area contributed by atoms with E-state index in [9.17, 15) is 13.2 Å². The third-order valence-corrected chi connectivity index (χ3v) is 8.57. The molecule has 2 heterocycles. The van der Waals surface area contributed by atoms with Gasteiger partial charge in [0, 0.05) is 41.6 Å². The fourth-order valence-electron chi connectivity index (χ4n) is 5.16. The van der Waals surface area contributed by atoms with Crippen molar-refractivity contribution in [1.82, 2.24) is 14.6 Å². The Bertz CT molecular complexity index is 1220. The van der Waals surface area contributed by atoms with E-state index in [1.165, 1.54) is 6.42 Å². The van der Waals surface area contributed by atoms with Gasteiger partial charge in [0.15, 0.2) is 0 Å². The van der Waals surface area contributed by atoms with Gasteiger partial charge in [-0.25, -0.2) is 13.1 Å². The first-order valence-electron chi connectivity index (χ1n) is 12.0. The standard InChI is InChI=1S/C26H31N3O3S/c30-26(29-15-5-2-6-16-29)20-9-12-22(13-10-20)28-33(31,32)23-14-11-21-17-24(27-25(21)18-23)19-7-3-1-4-8-19/h1,3-4,7-8,11,14,17-18,20,22,27-28H,2,5-6,9-10,12-13,15-16H2/t20-,22-. The zero-order valence-corrected chi connectivity index (χ0v) is 19.6. The Morgan fingerprint density at radius 3 is 2.36 bits per heavy atom. The fourth-order valence-corrected chi connectivity index (χ4v) is 6.50. The molecule has 2 fully saturated rings. The van der Waals surface area contributed by atoms with Gasteiger partial charge in [-0.15, -0.1) is 0 Å². The van der Waals surface area contributed by atoms with Crippen LogP contribution in [-0.2, 0) is 14.8 Å². The number of aromatic nitrogens is 1. The number of hydrogen-bond donors (Lipinski definition) is 2. The molecule has 1 saturated carbocycles. The Morgan fingerprint density at radius 1 is 0.909 bits per heavy atom. The third kappa shape index (κ3) is 4.84. The van der Waals surface area contributed by atoms with E-state index in [2.05, 4.69) is 9.71 Å². The number of sulfonamides is 1. The number of nitrogens with one attached hydrogen (secondary N) is 2. The summed E-state index contributed by atoms with van der Waals surface area (Å²) in [6, 6.07) is 17.1. The Labute approximate surface area is 195 Å². The molecule has 174 valence electrons. The van der Waals surface area contributed by atoms with Crippen molar-refractivity contribution in [3.63, 3.8) is 0 Å². The molecule has 2 N–H and O–H groups in total. The van der Waals surface area contributed by atoms with Crippen molar-refractivity contribution in [1.29, 1.82) is 0 Å². The highest BCUT2D eigenvalue weighted by Gasteiger charge is 2.31. The van der Waals surface area contributed by atoms with E-state index in [4.69, 9.17) is 0 Å². The van der Waals surface area contributed by atoms with Gasteiger partial charge in [-0.1, -0.05) is 36.4 Å². The third-order valence-electron chi connectivity index (χ3n) is 7.06. The molecule has 1 saturated heterocycles. The van der Waals surface area contributed by atoms with E-state index in [0.29, 0.717) is 12.8 Å². The normalized spacial score (nSPS) is 21.9. The maximum atomic E-state index is 13.1. The van der Waals surface area contributed by atoms with Gasteiger partial charge in [-0.2, -0.15) is 0 Å². The molecule has 2 aromatic carbocycles. The smallest absolute Gasteiger partial charge is 0.240 e. The van der Waals surface area contributed by atoms with Gasteiger partial charge < -0.3 is 9.88 Å². The van der Waals surface area contributed by atoms with Gasteiger partial charge in [0.05, 0.1) is 4.90 Å². The van der Waals surface area contributed by atoms with Crippen LogP contribution in [0.25, 0.3) is 22.2 Å². The van der Waals surface area contributed by atoms with Crippen molar-refractivity contribution >= 4 is 26.8 Å². The average Bonchev–Trinajstić information content (AvgIpc) is 3.29. The Morgan fingerprint density at radius 2 is 1.64 bits per heavy atom. The second kappa shape index (κ2) is 9.31. The summed E-state index contributed by atoms with van der Waals surface area (Å²) in [7, 11) is -3.63. The first kappa shape index (κ1) is 22.2. The zero-order valence-electron chi connectivity index (χ0n) is 18.8. The van der Waals surface area contributed by atoms with Gasteiger partial charge in [0.1, 0.15) is 0 Å². The molecular weight excluding hydrogens is 434 g/mol. The van der Waals surface area contributed by atoms with Crippen LogP contribution in [0.1, 0.15) is 44.9 Å². The molecule has 7 heteroatoms. The van der Waals surface area contributed by atoms with E-state index in [-0.39, 0.29) is 22.8 Å². The molecule has 0 radical (unpaired) electrons. The largest absolute Gasteiger partial charge is 0.354 e. The maximum absolute atomic E-state index is 13.1. The molecule has 3 aromatic rings. The van der Waals surface area contributed by atoms with Crippen molar-refractivity contribution in [2.45, 2.75) is 55.9 Å². The van der Waals surface area contributed by atoms with Crippen LogP contribution in [0.2, 0.25) is 0 Å². The van der Waals surface area contributed by atoms with Crippen LogP contribution in [0, 0.1) is 5.92 Å². The van der Waals surface area contributed by atoms with Crippen molar-refractivity contribution in [3.8, 4) is 11.3 Å². The number of nitrogens with zero attached hydrogens (tertiary/aromatic N) is 1. The molecular formula is C26H31N3O3S. The minimum absolute atomic E-state index is 0.0375. The lowest BCUT2D eigenvalue weighted by molar-refractivity contribution is -0.137. The number of carbonyl (C=O) groups excluding carboxylic acids is 1. The van der Waals surface area contributed by atoms with Crippen LogP contribution in [0.4, 0.5) is 0 Å². The number of amides is 1. The Balaban J connectivity index is 1.24. The number of fused-ring (bicyclic) bond motifs is 1. The summed E-state index contributed by atoms with van der Waals surface area (Å²) in [5, 5.41) is 0.976. The number of rotatable bonds is 5. The summed E-state index contributed by atoms with van der Waals surface area (Å²) in [5.41, 5.74) is 2.82. The molecule has 1 aromatic heterocycles. The van der Waals surface area contributed by atoms with Crippen LogP contribution in [0.3, 0.4) is 0 Å². The van der Waals surface area contributed by atoms with Crippen LogP contribution in [0.15, 0.2) is 59.5 Å². The van der Waals surface area contributed by atoms with Gasteiger partial charge >= 0.3 is 0 Å². The molecule has 0 spiro atoms. The Kier molecular flexibility index (Phi) is 6.25. The highest BCUT2D eigenvalue weighted by molar-refractivity contribution is 7.89. The van der Waals surface area contributed by atoms with Crippen LogP contribution in [-0.4, -0.2) is 43.3 Å². The van der Waals surface area contributed by atoms with E-state index < -0.39 is 10.0 Å². The van der Waals surface area contributed by atoms with Gasteiger partial charge in [-0.3, -0.25) is 4.79 Å². The van der Waals surface area contributed by atoms with E-state index in [0.717, 1.165) is 60.9 Å². The average molecular weight is 466 g/mol. The van der Waals surface area contributed by atoms with Crippen molar-refractivity contribution in [3.05, 3.63) is 54.6 Å². The van der Waals surface area contributed by atoms with Crippen LogP contribution in [0.5, 0.6) is 0 Å². The van der Waals surface area contributed by atoms with E-state index in [1.54, 1.807) is 12.1 Å². The second-order valence-electron chi connectivity index (χ2n) is 9.35. The maximum Gasteiger partial charge on any atom is 0.240 e. The minimum Gasteiger partial charge on any atom is -0.354 e. The number of likely N-dealkylation sites (tertiary alicyclic amines) is 1. The predicted octanol–water partition coefficient (Wildman–Crippen LogP) is 4.68. The summed E-state index contributed by atoms with van der Waals surface area (Å²) in [4.78, 5) is 18.4. The van der Waals surface area contributed by atoms with Crippen LogP contribution >= 0.6 is 0 Å². The number of benzene rings is 2. The van der Waals surface area contributed by atoms with Gasteiger partial charge in [0.2, 0.25) is 15.9 Å². The number of H-pyrrole nitrogens is 1. The second-order valence-corrected chi connectivity index (χ2v) is 11.1. The monoisotopic (exact) mass is 465 g/mol. The van der Waals surface area contributed by atoms with E-state index in [1.807, 2.05) is 47.4 Å². The number of carbonyl (C=O) groups is 1. The quantitative estimate of drug-likeness (QED) is 0.574. The fraction of sp³-hybridized carbons (Fsp3) is 0.423. The highest BCUT2D eigenvalue weighted by atomic mass is 32.2. The summed E-state index contributed by atoms with van der Waals surface area (Å²) in [5.74, 6) is 0.304. The highest BCUT2D eigenvalue weighted by Crippen LogP contribution is 2.29. The topological polar surface area (TPSA) is 82.3 Å². The van der Waals surface area contributed by atoms with Crippen molar-refractivity contribution in [2.75, 3.05) is 13.1 Å². The Hall–Kier alpha value is -2.64. The minimum atomic E-state index is -3.63. The van der Waals surface area contributed by atoms with Crippen molar-refractivity contribution < 1.29 is 13.2 Å². The molecule has 5 rings (SSSR count). The molecule has 0 unspecified atom stereocenters. The molecule has 2 aliphatic rings. The number of aromatic amines is 1. The molecule has 0 bridgehead atoms. The van der Waals surface area contributed by atoms with Crippen LogP contribution < -0.4 is 4.72 Å². The molecule has 1 amide bonds. The molecule has 6 nitrogen and oxygen atoms in total. The molecule has 1 aliphatic carbocycles. The summed E-state index contributed by atoms with van der Waals surface area (Å²) in [6.07, 6.45) is 6.30. The molecule has 0 atom stereocenters. The predicted molar refractivity (Wildman–Crippen MR) is 130 cm³/mol. The number of piperidine rings is 1. The lowest BCUT2D eigenvalue weighted by atomic mass is 9.85. The molecule has 33 heavy (non-hydrogen) atoms. The summed E-state index contributed by atoms with van der Waals surface area (Å²) >= 11 is 0. The summed E-state index contributed by atoms with van der Waals surface area (Å²) < 4.78 is 29.1. The van der Waals surface area contributed by atoms with Gasteiger partial charge in [-0.05, 0) is 68.7 Å². The van der Waals surface area contributed by atoms with Gasteiger partial charge in [0.25, 0.3) is 0 Å².